The molecule has 0 saturated heterocycles. The van der Waals surface area contributed by atoms with Crippen molar-refractivity contribution in [1.82, 2.24) is 4.98 Å². The zero-order valence-electron chi connectivity index (χ0n) is 9.55. The summed E-state index contributed by atoms with van der Waals surface area (Å²) in [4.78, 5) is 15.4. The molecule has 0 aliphatic heterocycles. The lowest BCUT2D eigenvalue weighted by atomic mass is 10.0. The number of alkyl halides is 3. The molecule has 100 valence electrons. The van der Waals surface area contributed by atoms with Gasteiger partial charge < -0.3 is 4.74 Å². The molecule has 1 aromatic rings. The molecule has 1 heterocycles. The highest BCUT2D eigenvalue weighted by Crippen LogP contribution is 2.28. The van der Waals surface area contributed by atoms with Gasteiger partial charge in [0.15, 0.2) is 0 Å². The van der Waals surface area contributed by atoms with E-state index in [4.69, 9.17) is 16.3 Å². The molecule has 0 unspecified atom stereocenters. The van der Waals surface area contributed by atoms with Gasteiger partial charge in [-0.2, -0.15) is 0 Å². The van der Waals surface area contributed by atoms with E-state index in [1.807, 2.05) is 0 Å². The number of hydrogen-bond donors (Lipinski definition) is 0. The van der Waals surface area contributed by atoms with Crippen LogP contribution in [0.15, 0.2) is 10.7 Å². The molecule has 0 N–H and O–H groups in total. The number of hydrogen-bond acceptors (Lipinski definition) is 3. The van der Waals surface area contributed by atoms with Crippen LogP contribution >= 0.6 is 27.5 Å². The van der Waals surface area contributed by atoms with Gasteiger partial charge in [-0.25, -0.2) is 13.8 Å². The minimum absolute atomic E-state index is 0.0477. The summed E-state index contributed by atoms with van der Waals surface area (Å²) in [7, 11) is 0. The van der Waals surface area contributed by atoms with E-state index in [0.29, 0.717) is 0 Å². The largest absolute Gasteiger partial charge is 0.466 e. The van der Waals surface area contributed by atoms with E-state index in [0.717, 1.165) is 0 Å². The van der Waals surface area contributed by atoms with Crippen molar-refractivity contribution in [1.29, 1.82) is 0 Å². The van der Waals surface area contributed by atoms with Gasteiger partial charge in [0.05, 0.1) is 24.6 Å². The number of nitrogens with zero attached hydrogens (tertiary/aromatic N) is 1. The lowest BCUT2D eigenvalue weighted by Gasteiger charge is -2.12. The molecule has 7 heteroatoms. The summed E-state index contributed by atoms with van der Waals surface area (Å²) in [6, 6.07) is 1.19. The highest BCUT2D eigenvalue weighted by molar-refractivity contribution is 9.10. The van der Waals surface area contributed by atoms with Crippen LogP contribution in [0.2, 0.25) is 0 Å². The number of ether oxygens (including phenoxy) is 1. The van der Waals surface area contributed by atoms with Crippen LogP contribution in [0.1, 0.15) is 30.2 Å². The number of aromatic nitrogens is 1. The third-order valence-electron chi connectivity index (χ3n) is 2.20. The molecule has 0 atom stereocenters. The summed E-state index contributed by atoms with van der Waals surface area (Å²) in [6.45, 7) is 1.84. The smallest absolute Gasteiger partial charge is 0.310 e. The Morgan fingerprint density at radius 3 is 2.78 bits per heavy atom. The quantitative estimate of drug-likeness (QED) is 0.466. The van der Waals surface area contributed by atoms with Gasteiger partial charge in [-0.15, -0.1) is 11.6 Å². The minimum atomic E-state index is -2.70. The van der Waals surface area contributed by atoms with Crippen molar-refractivity contribution in [2.75, 3.05) is 6.61 Å². The molecule has 1 rings (SSSR count). The standard InChI is InChI=1S/C11H11BrClF2NO2/c1-2-18-10(17)4-6-7(11(14)15)3-9(12)16-8(6)5-13/h3,11H,2,4-5H2,1H3. The second kappa shape index (κ2) is 6.99. The zero-order chi connectivity index (χ0) is 13.7. The molecule has 3 nitrogen and oxygen atoms in total. The van der Waals surface area contributed by atoms with E-state index in [9.17, 15) is 13.6 Å². The number of halogens is 4. The molecule has 0 saturated carbocycles. The lowest BCUT2D eigenvalue weighted by molar-refractivity contribution is -0.142. The molecule has 0 aliphatic rings. The van der Waals surface area contributed by atoms with Gasteiger partial charge in [0.25, 0.3) is 6.43 Å². The van der Waals surface area contributed by atoms with Crippen LogP contribution in [0.5, 0.6) is 0 Å². The summed E-state index contributed by atoms with van der Waals surface area (Å²) < 4.78 is 30.8. The highest BCUT2D eigenvalue weighted by atomic mass is 79.9. The lowest BCUT2D eigenvalue weighted by Crippen LogP contribution is -2.12. The Balaban J connectivity index is 3.16. The number of carbonyl (C=O) groups excluding carboxylic acids is 1. The van der Waals surface area contributed by atoms with E-state index in [-0.39, 0.29) is 40.3 Å². The van der Waals surface area contributed by atoms with E-state index in [1.54, 1.807) is 6.92 Å². The molecular weight excluding hydrogens is 331 g/mol. The Hall–Kier alpha value is -0.750. The van der Waals surface area contributed by atoms with Gasteiger partial charge in [-0.05, 0) is 34.5 Å². The molecule has 0 aliphatic carbocycles. The maximum absolute atomic E-state index is 12.9. The van der Waals surface area contributed by atoms with E-state index in [1.165, 1.54) is 6.07 Å². The predicted octanol–water partition coefficient (Wildman–Crippen LogP) is 3.63. The summed E-state index contributed by atoms with van der Waals surface area (Å²) in [5, 5.41) is 0. The maximum Gasteiger partial charge on any atom is 0.310 e. The number of esters is 1. The van der Waals surface area contributed by atoms with Crippen LogP contribution < -0.4 is 0 Å². The molecule has 1 aromatic heterocycles. The second-order valence-electron chi connectivity index (χ2n) is 3.38. The first-order valence-electron chi connectivity index (χ1n) is 5.17. The third-order valence-corrected chi connectivity index (χ3v) is 2.86. The molecule has 0 bridgehead atoms. The Morgan fingerprint density at radius 1 is 1.61 bits per heavy atom. The van der Waals surface area contributed by atoms with Gasteiger partial charge in [-0.1, -0.05) is 0 Å². The van der Waals surface area contributed by atoms with Crippen molar-refractivity contribution in [2.45, 2.75) is 25.7 Å². The van der Waals surface area contributed by atoms with E-state index >= 15 is 0 Å². The molecule has 0 spiro atoms. The topological polar surface area (TPSA) is 39.2 Å². The Kier molecular flexibility index (Phi) is 5.95. The SMILES string of the molecule is CCOC(=O)Cc1c(C(F)F)cc(Br)nc1CCl. The van der Waals surface area contributed by atoms with Crippen molar-refractivity contribution in [3.63, 3.8) is 0 Å². The first kappa shape index (κ1) is 15.3. The van der Waals surface area contributed by atoms with Gasteiger partial charge in [0.1, 0.15) is 4.60 Å². The van der Waals surface area contributed by atoms with Gasteiger partial charge in [0, 0.05) is 5.56 Å². The van der Waals surface area contributed by atoms with E-state index in [2.05, 4.69) is 20.9 Å². The highest BCUT2D eigenvalue weighted by Gasteiger charge is 2.21. The van der Waals surface area contributed by atoms with Crippen LogP contribution in [-0.4, -0.2) is 17.6 Å². The average Bonchev–Trinajstić information content (AvgIpc) is 2.30. The van der Waals surface area contributed by atoms with Crippen molar-refractivity contribution in [2.24, 2.45) is 0 Å². The van der Waals surface area contributed by atoms with Crippen molar-refractivity contribution >= 4 is 33.5 Å². The van der Waals surface area contributed by atoms with Crippen LogP contribution in [0.4, 0.5) is 8.78 Å². The second-order valence-corrected chi connectivity index (χ2v) is 4.46. The van der Waals surface area contributed by atoms with Crippen LogP contribution in [0.3, 0.4) is 0 Å². The first-order valence-corrected chi connectivity index (χ1v) is 6.50. The van der Waals surface area contributed by atoms with Crippen molar-refractivity contribution in [3.05, 3.63) is 27.5 Å². The van der Waals surface area contributed by atoms with Crippen LogP contribution in [0.25, 0.3) is 0 Å². The summed E-state index contributed by atoms with van der Waals surface area (Å²) in [6.07, 6.45) is -2.95. The Bertz CT molecular complexity index is 443. The molecule has 0 fully saturated rings. The predicted molar refractivity (Wildman–Crippen MR) is 66.8 cm³/mol. The fourth-order valence-electron chi connectivity index (χ4n) is 1.48. The monoisotopic (exact) mass is 341 g/mol. The van der Waals surface area contributed by atoms with E-state index < -0.39 is 12.4 Å². The third kappa shape index (κ3) is 3.88. The van der Waals surface area contributed by atoms with Crippen LogP contribution in [-0.2, 0) is 21.8 Å². The number of carbonyl (C=O) groups is 1. The normalized spacial score (nSPS) is 10.8. The molecule has 0 amide bonds. The minimum Gasteiger partial charge on any atom is -0.466 e. The average molecular weight is 343 g/mol. The summed E-state index contributed by atoms with van der Waals surface area (Å²) in [5.74, 6) is -0.622. The van der Waals surface area contributed by atoms with Crippen molar-refractivity contribution in [3.8, 4) is 0 Å². The zero-order valence-corrected chi connectivity index (χ0v) is 11.9. The summed E-state index contributed by atoms with van der Waals surface area (Å²) >= 11 is 8.69. The first-order chi connectivity index (χ1) is 8.49. The van der Waals surface area contributed by atoms with Gasteiger partial charge >= 0.3 is 5.97 Å². The molecule has 18 heavy (non-hydrogen) atoms. The van der Waals surface area contributed by atoms with Gasteiger partial charge in [0.2, 0.25) is 0 Å². The maximum atomic E-state index is 12.9. The summed E-state index contributed by atoms with van der Waals surface area (Å²) in [5.41, 5.74) is 0.150. The van der Waals surface area contributed by atoms with Gasteiger partial charge in [-0.3, -0.25) is 4.79 Å². The number of pyridine rings is 1. The molecule has 0 aromatic carbocycles. The Labute approximate surface area is 117 Å². The van der Waals surface area contributed by atoms with Crippen molar-refractivity contribution < 1.29 is 18.3 Å². The Morgan fingerprint density at radius 2 is 2.28 bits per heavy atom. The fourth-order valence-corrected chi connectivity index (χ4v) is 2.16. The molecular formula is C11H11BrClF2NO2. The van der Waals surface area contributed by atoms with Crippen LogP contribution in [0, 0.1) is 0 Å². The number of rotatable bonds is 5. The fraction of sp³-hybridized carbons (Fsp3) is 0.455. The molecule has 0 radical (unpaired) electrons.